The van der Waals surface area contributed by atoms with Crippen molar-refractivity contribution >= 4 is 17.7 Å². The van der Waals surface area contributed by atoms with Gasteiger partial charge in [-0.15, -0.1) is 0 Å². The van der Waals surface area contributed by atoms with E-state index >= 15 is 0 Å². The molecule has 1 amide bonds. The highest BCUT2D eigenvalue weighted by Gasteiger charge is 2.28. The van der Waals surface area contributed by atoms with Gasteiger partial charge in [0.25, 0.3) is 0 Å². The lowest BCUT2D eigenvalue weighted by atomic mass is 10.0. The van der Waals surface area contributed by atoms with Crippen LogP contribution in [0.1, 0.15) is 39.2 Å². The first kappa shape index (κ1) is 18.1. The number of rotatable bonds is 3. The zero-order valence-corrected chi connectivity index (χ0v) is 15.3. The van der Waals surface area contributed by atoms with E-state index in [9.17, 15) is 4.79 Å². The molecular formula is C18H27ClN2O2. The summed E-state index contributed by atoms with van der Waals surface area (Å²) in [4.78, 5) is 16.3. The Hall–Kier alpha value is -1.26. The zero-order valence-electron chi connectivity index (χ0n) is 14.5. The standard InChI is InChI=1S/C18H27ClN2O2/c1-18(2,3)23-17(22)20(4)15-9-11-21(12-10-15)13-14-7-5-6-8-16(14)19/h5-8,15H,9-13H2,1-4H3. The molecule has 1 heterocycles. The SMILES string of the molecule is CN(C(=O)OC(C)(C)C)C1CCN(Cc2ccccc2Cl)CC1. The van der Waals surface area contributed by atoms with Gasteiger partial charge in [-0.3, -0.25) is 4.90 Å². The van der Waals surface area contributed by atoms with Crippen LogP contribution in [0.15, 0.2) is 24.3 Å². The molecule has 5 heteroatoms. The summed E-state index contributed by atoms with van der Waals surface area (Å²) in [5.74, 6) is 0. The number of amides is 1. The fraction of sp³-hybridized carbons (Fsp3) is 0.611. The van der Waals surface area contributed by atoms with Crippen molar-refractivity contribution in [2.45, 2.75) is 51.8 Å². The van der Waals surface area contributed by atoms with E-state index in [-0.39, 0.29) is 12.1 Å². The van der Waals surface area contributed by atoms with Crippen LogP contribution in [0, 0.1) is 0 Å². The van der Waals surface area contributed by atoms with Gasteiger partial charge in [0.05, 0.1) is 0 Å². The van der Waals surface area contributed by atoms with Crippen molar-refractivity contribution in [3.63, 3.8) is 0 Å². The van der Waals surface area contributed by atoms with E-state index in [2.05, 4.69) is 11.0 Å². The number of hydrogen-bond donors (Lipinski definition) is 0. The third-order valence-electron chi connectivity index (χ3n) is 4.14. The average Bonchev–Trinajstić information content (AvgIpc) is 2.48. The molecule has 1 aliphatic heterocycles. The first-order valence-corrected chi connectivity index (χ1v) is 8.55. The van der Waals surface area contributed by atoms with Crippen LogP contribution in [0.3, 0.4) is 0 Å². The van der Waals surface area contributed by atoms with Gasteiger partial charge in [0.15, 0.2) is 0 Å². The smallest absolute Gasteiger partial charge is 0.410 e. The van der Waals surface area contributed by atoms with Crippen molar-refractivity contribution in [2.24, 2.45) is 0 Å². The molecule has 0 N–H and O–H groups in total. The Bertz CT molecular complexity index is 534. The third kappa shape index (κ3) is 5.40. The second kappa shape index (κ2) is 7.54. The van der Waals surface area contributed by atoms with Gasteiger partial charge in [-0.25, -0.2) is 4.79 Å². The van der Waals surface area contributed by atoms with Gasteiger partial charge in [0.2, 0.25) is 0 Å². The highest BCUT2D eigenvalue weighted by atomic mass is 35.5. The van der Waals surface area contributed by atoms with E-state index < -0.39 is 5.60 Å². The van der Waals surface area contributed by atoms with Crippen molar-refractivity contribution in [1.82, 2.24) is 9.80 Å². The fourth-order valence-corrected chi connectivity index (χ4v) is 3.01. The minimum Gasteiger partial charge on any atom is -0.444 e. The van der Waals surface area contributed by atoms with E-state index in [1.54, 1.807) is 4.90 Å². The summed E-state index contributed by atoms with van der Waals surface area (Å²) < 4.78 is 5.45. The summed E-state index contributed by atoms with van der Waals surface area (Å²) in [6.07, 6.45) is 1.68. The monoisotopic (exact) mass is 338 g/mol. The highest BCUT2D eigenvalue weighted by Crippen LogP contribution is 2.22. The Morgan fingerprint density at radius 1 is 1.30 bits per heavy atom. The summed E-state index contributed by atoms with van der Waals surface area (Å²) in [5.41, 5.74) is 0.712. The maximum atomic E-state index is 12.1. The molecule has 0 saturated carbocycles. The van der Waals surface area contributed by atoms with Crippen molar-refractivity contribution in [3.8, 4) is 0 Å². The second-order valence-corrected chi connectivity index (χ2v) is 7.60. The number of carbonyl (C=O) groups excluding carboxylic acids is 1. The van der Waals surface area contributed by atoms with E-state index in [0.717, 1.165) is 43.1 Å². The molecule has 0 unspecified atom stereocenters. The number of piperidine rings is 1. The second-order valence-electron chi connectivity index (χ2n) is 7.19. The van der Waals surface area contributed by atoms with E-state index in [1.165, 1.54) is 0 Å². The largest absolute Gasteiger partial charge is 0.444 e. The molecule has 1 fully saturated rings. The van der Waals surface area contributed by atoms with Crippen LogP contribution in [0.5, 0.6) is 0 Å². The zero-order chi connectivity index (χ0) is 17.0. The molecule has 4 nitrogen and oxygen atoms in total. The molecule has 1 aliphatic rings. The molecule has 1 aromatic carbocycles. The maximum absolute atomic E-state index is 12.1. The number of likely N-dealkylation sites (tertiary alicyclic amines) is 1. The van der Waals surface area contributed by atoms with Gasteiger partial charge >= 0.3 is 6.09 Å². The molecule has 23 heavy (non-hydrogen) atoms. The summed E-state index contributed by atoms with van der Waals surface area (Å²) in [6, 6.07) is 8.21. The number of hydrogen-bond acceptors (Lipinski definition) is 3. The molecule has 0 aromatic heterocycles. The fourth-order valence-electron chi connectivity index (χ4n) is 2.82. The van der Waals surface area contributed by atoms with Crippen LogP contribution in [0.2, 0.25) is 5.02 Å². The number of carbonyl (C=O) groups is 1. The molecule has 0 bridgehead atoms. The average molecular weight is 339 g/mol. The van der Waals surface area contributed by atoms with Crippen LogP contribution in [-0.2, 0) is 11.3 Å². The maximum Gasteiger partial charge on any atom is 0.410 e. The Morgan fingerprint density at radius 2 is 1.91 bits per heavy atom. The predicted octanol–water partition coefficient (Wildman–Crippen LogP) is 4.17. The first-order valence-electron chi connectivity index (χ1n) is 8.18. The molecule has 0 radical (unpaired) electrons. The molecule has 2 rings (SSSR count). The van der Waals surface area contributed by atoms with Gasteiger partial charge in [-0.1, -0.05) is 29.8 Å². The van der Waals surface area contributed by atoms with Crippen molar-refractivity contribution in [2.75, 3.05) is 20.1 Å². The third-order valence-corrected chi connectivity index (χ3v) is 4.51. The summed E-state index contributed by atoms with van der Waals surface area (Å²) >= 11 is 6.23. The highest BCUT2D eigenvalue weighted by molar-refractivity contribution is 6.31. The number of nitrogens with zero attached hydrogens (tertiary/aromatic N) is 2. The Labute approximate surface area is 144 Å². The van der Waals surface area contributed by atoms with Crippen molar-refractivity contribution in [1.29, 1.82) is 0 Å². The van der Waals surface area contributed by atoms with Gasteiger partial charge in [-0.05, 0) is 45.2 Å². The predicted molar refractivity (Wildman–Crippen MR) is 93.7 cm³/mol. The Balaban J connectivity index is 1.84. The molecule has 1 aromatic rings. The van der Waals surface area contributed by atoms with Crippen LogP contribution in [0.4, 0.5) is 4.79 Å². The van der Waals surface area contributed by atoms with Crippen LogP contribution in [-0.4, -0.2) is 47.7 Å². The van der Waals surface area contributed by atoms with E-state index in [4.69, 9.17) is 16.3 Å². The van der Waals surface area contributed by atoms with Gasteiger partial charge in [-0.2, -0.15) is 0 Å². The van der Waals surface area contributed by atoms with E-state index in [1.807, 2.05) is 46.0 Å². The minimum atomic E-state index is -0.448. The number of halogens is 1. The lowest BCUT2D eigenvalue weighted by Gasteiger charge is -2.37. The normalized spacial score (nSPS) is 17.1. The lowest BCUT2D eigenvalue weighted by molar-refractivity contribution is 0.0149. The molecule has 0 spiro atoms. The van der Waals surface area contributed by atoms with Gasteiger partial charge in [0.1, 0.15) is 5.60 Å². The summed E-state index contributed by atoms with van der Waals surface area (Å²) in [7, 11) is 1.84. The number of ether oxygens (including phenoxy) is 1. The molecule has 0 atom stereocenters. The molecular weight excluding hydrogens is 312 g/mol. The lowest BCUT2D eigenvalue weighted by Crippen LogP contribution is -2.46. The Morgan fingerprint density at radius 3 is 2.48 bits per heavy atom. The van der Waals surface area contributed by atoms with Gasteiger partial charge in [0, 0.05) is 37.7 Å². The topological polar surface area (TPSA) is 32.8 Å². The quantitative estimate of drug-likeness (QED) is 0.829. The molecule has 1 saturated heterocycles. The van der Waals surface area contributed by atoms with Gasteiger partial charge < -0.3 is 9.64 Å². The van der Waals surface area contributed by atoms with Crippen LogP contribution < -0.4 is 0 Å². The summed E-state index contributed by atoms with van der Waals surface area (Å²) in [6.45, 7) is 8.47. The van der Waals surface area contributed by atoms with Crippen molar-refractivity contribution < 1.29 is 9.53 Å². The van der Waals surface area contributed by atoms with Crippen LogP contribution >= 0.6 is 11.6 Å². The minimum absolute atomic E-state index is 0.234. The molecule has 128 valence electrons. The molecule has 0 aliphatic carbocycles. The van der Waals surface area contributed by atoms with E-state index in [0.29, 0.717) is 0 Å². The number of benzene rings is 1. The summed E-state index contributed by atoms with van der Waals surface area (Å²) in [5, 5.41) is 0.820. The van der Waals surface area contributed by atoms with Crippen molar-refractivity contribution in [3.05, 3.63) is 34.9 Å². The van der Waals surface area contributed by atoms with Crippen LogP contribution in [0.25, 0.3) is 0 Å². The Kier molecular flexibility index (Phi) is 5.93. The first-order chi connectivity index (χ1) is 10.8.